The van der Waals surface area contributed by atoms with Gasteiger partial charge in [0.15, 0.2) is 0 Å². The van der Waals surface area contributed by atoms with E-state index in [0.29, 0.717) is 12.0 Å². The van der Waals surface area contributed by atoms with Gasteiger partial charge < -0.3 is 10.0 Å². The van der Waals surface area contributed by atoms with Gasteiger partial charge in [0.05, 0.1) is 0 Å². The van der Waals surface area contributed by atoms with Crippen LogP contribution in [0, 0.1) is 5.41 Å². The number of unbranched alkanes of at least 4 members (excludes halogenated alkanes) is 2. The molecule has 0 spiro atoms. The van der Waals surface area contributed by atoms with Crippen molar-refractivity contribution in [3.05, 3.63) is 0 Å². The zero-order valence-electron chi connectivity index (χ0n) is 11.3. The molecule has 0 bridgehead atoms. The Morgan fingerprint density at radius 1 is 1.19 bits per heavy atom. The SMILES string of the molecule is CC(C)(C)CC1CCCN1CCCCCO. The molecule has 1 aliphatic rings. The highest BCUT2D eigenvalue weighted by Gasteiger charge is 2.27. The van der Waals surface area contributed by atoms with Gasteiger partial charge in [0.25, 0.3) is 0 Å². The van der Waals surface area contributed by atoms with Gasteiger partial charge in [-0.3, -0.25) is 0 Å². The summed E-state index contributed by atoms with van der Waals surface area (Å²) in [7, 11) is 0. The molecule has 1 aliphatic heterocycles. The van der Waals surface area contributed by atoms with Crippen LogP contribution >= 0.6 is 0 Å². The van der Waals surface area contributed by atoms with Crippen molar-refractivity contribution in [3.8, 4) is 0 Å². The zero-order valence-corrected chi connectivity index (χ0v) is 11.3. The maximum absolute atomic E-state index is 8.75. The van der Waals surface area contributed by atoms with Gasteiger partial charge in [0.1, 0.15) is 0 Å². The highest BCUT2D eigenvalue weighted by Crippen LogP contribution is 2.29. The van der Waals surface area contributed by atoms with Crippen molar-refractivity contribution < 1.29 is 5.11 Å². The molecule has 1 heterocycles. The molecule has 2 heteroatoms. The predicted molar refractivity (Wildman–Crippen MR) is 69.6 cm³/mol. The van der Waals surface area contributed by atoms with Gasteiger partial charge in [0.2, 0.25) is 0 Å². The maximum atomic E-state index is 8.75. The number of likely N-dealkylation sites (tertiary alicyclic amines) is 1. The number of aliphatic hydroxyl groups is 1. The van der Waals surface area contributed by atoms with E-state index in [2.05, 4.69) is 25.7 Å². The summed E-state index contributed by atoms with van der Waals surface area (Å²) in [5.41, 5.74) is 0.457. The third kappa shape index (κ3) is 5.31. The molecule has 0 aromatic heterocycles. The lowest BCUT2D eigenvalue weighted by atomic mass is 9.87. The predicted octanol–water partition coefficient (Wildman–Crippen LogP) is 3.05. The second-order valence-corrected chi connectivity index (χ2v) is 6.38. The van der Waals surface area contributed by atoms with Crippen LogP contribution in [-0.2, 0) is 0 Å². The van der Waals surface area contributed by atoms with Gasteiger partial charge in [-0.2, -0.15) is 0 Å². The standard InChI is InChI=1S/C14H29NO/c1-14(2,3)12-13-8-7-10-15(13)9-5-4-6-11-16/h13,16H,4-12H2,1-3H3. The Hall–Kier alpha value is -0.0800. The smallest absolute Gasteiger partial charge is 0.0431 e. The van der Waals surface area contributed by atoms with Crippen LogP contribution < -0.4 is 0 Å². The van der Waals surface area contributed by atoms with Crippen LogP contribution in [0.25, 0.3) is 0 Å². The molecule has 0 aromatic rings. The Labute approximate surface area is 101 Å². The maximum Gasteiger partial charge on any atom is 0.0431 e. The Kier molecular flexibility index (Phi) is 5.77. The number of rotatable bonds is 6. The van der Waals surface area contributed by atoms with Crippen molar-refractivity contribution >= 4 is 0 Å². The topological polar surface area (TPSA) is 23.5 Å². The average molecular weight is 227 g/mol. The van der Waals surface area contributed by atoms with E-state index in [0.717, 1.165) is 12.5 Å². The zero-order chi connectivity index (χ0) is 12.0. The lowest BCUT2D eigenvalue weighted by Gasteiger charge is -2.30. The lowest BCUT2D eigenvalue weighted by Crippen LogP contribution is -2.33. The molecule has 1 saturated heterocycles. The fourth-order valence-corrected chi connectivity index (χ4v) is 2.73. The van der Waals surface area contributed by atoms with Gasteiger partial charge >= 0.3 is 0 Å². The fraction of sp³-hybridized carbons (Fsp3) is 1.00. The van der Waals surface area contributed by atoms with E-state index in [1.54, 1.807) is 0 Å². The summed E-state index contributed by atoms with van der Waals surface area (Å²) < 4.78 is 0. The quantitative estimate of drug-likeness (QED) is 0.705. The van der Waals surface area contributed by atoms with E-state index >= 15 is 0 Å². The van der Waals surface area contributed by atoms with Crippen LogP contribution in [-0.4, -0.2) is 35.7 Å². The second kappa shape index (κ2) is 6.61. The van der Waals surface area contributed by atoms with Crippen molar-refractivity contribution in [2.24, 2.45) is 5.41 Å². The Morgan fingerprint density at radius 2 is 1.94 bits per heavy atom. The summed E-state index contributed by atoms with van der Waals surface area (Å²) in [4.78, 5) is 2.67. The molecule has 1 fully saturated rings. The molecular formula is C14H29NO. The summed E-state index contributed by atoms with van der Waals surface area (Å²) >= 11 is 0. The number of nitrogens with zero attached hydrogens (tertiary/aromatic N) is 1. The molecule has 16 heavy (non-hydrogen) atoms. The summed E-state index contributed by atoms with van der Waals surface area (Å²) in [5, 5.41) is 8.75. The monoisotopic (exact) mass is 227 g/mol. The van der Waals surface area contributed by atoms with E-state index in [4.69, 9.17) is 5.11 Å². The fourth-order valence-electron chi connectivity index (χ4n) is 2.73. The Balaban J connectivity index is 2.24. The minimum absolute atomic E-state index is 0.353. The molecule has 0 radical (unpaired) electrons. The number of hydrogen-bond acceptors (Lipinski definition) is 2. The van der Waals surface area contributed by atoms with Crippen LogP contribution in [0.5, 0.6) is 0 Å². The summed E-state index contributed by atoms with van der Waals surface area (Å²) in [6.45, 7) is 9.91. The van der Waals surface area contributed by atoms with Crippen LogP contribution in [0.1, 0.15) is 59.3 Å². The van der Waals surface area contributed by atoms with Crippen molar-refractivity contribution in [3.63, 3.8) is 0 Å². The first-order valence-corrected chi connectivity index (χ1v) is 6.88. The molecule has 0 saturated carbocycles. The van der Waals surface area contributed by atoms with Crippen molar-refractivity contribution in [2.45, 2.75) is 65.3 Å². The average Bonchev–Trinajstić information content (AvgIpc) is 2.58. The first kappa shape index (κ1) is 14.0. The van der Waals surface area contributed by atoms with Gasteiger partial charge in [-0.15, -0.1) is 0 Å². The van der Waals surface area contributed by atoms with E-state index in [-0.39, 0.29) is 0 Å². The summed E-state index contributed by atoms with van der Waals surface area (Å²) in [6.07, 6.45) is 7.49. The Morgan fingerprint density at radius 3 is 2.56 bits per heavy atom. The third-order valence-electron chi connectivity index (χ3n) is 3.45. The van der Waals surface area contributed by atoms with E-state index in [1.807, 2.05) is 0 Å². The highest BCUT2D eigenvalue weighted by atomic mass is 16.2. The second-order valence-electron chi connectivity index (χ2n) is 6.38. The normalized spacial score (nSPS) is 22.9. The van der Waals surface area contributed by atoms with Crippen molar-refractivity contribution in [1.82, 2.24) is 4.90 Å². The van der Waals surface area contributed by atoms with Crippen molar-refractivity contribution in [2.75, 3.05) is 19.7 Å². The van der Waals surface area contributed by atoms with Crippen LogP contribution in [0.15, 0.2) is 0 Å². The van der Waals surface area contributed by atoms with Crippen LogP contribution in [0.4, 0.5) is 0 Å². The molecule has 1 unspecified atom stereocenters. The highest BCUT2D eigenvalue weighted by molar-refractivity contribution is 4.82. The molecule has 96 valence electrons. The number of aliphatic hydroxyl groups excluding tert-OH is 1. The molecule has 0 aliphatic carbocycles. The van der Waals surface area contributed by atoms with Crippen LogP contribution in [0.3, 0.4) is 0 Å². The number of hydrogen-bond donors (Lipinski definition) is 1. The van der Waals surface area contributed by atoms with E-state index in [1.165, 1.54) is 45.2 Å². The molecule has 0 amide bonds. The minimum atomic E-state index is 0.353. The van der Waals surface area contributed by atoms with Gasteiger partial charge in [-0.1, -0.05) is 20.8 Å². The first-order valence-electron chi connectivity index (χ1n) is 6.88. The molecule has 1 rings (SSSR count). The lowest BCUT2D eigenvalue weighted by molar-refractivity contribution is 0.187. The largest absolute Gasteiger partial charge is 0.396 e. The molecular weight excluding hydrogens is 198 g/mol. The van der Waals surface area contributed by atoms with E-state index < -0.39 is 0 Å². The van der Waals surface area contributed by atoms with Gasteiger partial charge in [0, 0.05) is 12.6 Å². The van der Waals surface area contributed by atoms with E-state index in [9.17, 15) is 0 Å². The summed E-state index contributed by atoms with van der Waals surface area (Å²) in [5.74, 6) is 0. The van der Waals surface area contributed by atoms with Gasteiger partial charge in [-0.05, 0) is 57.0 Å². The summed E-state index contributed by atoms with van der Waals surface area (Å²) in [6, 6.07) is 0.814. The van der Waals surface area contributed by atoms with Crippen molar-refractivity contribution in [1.29, 1.82) is 0 Å². The van der Waals surface area contributed by atoms with Crippen LogP contribution in [0.2, 0.25) is 0 Å². The molecule has 2 nitrogen and oxygen atoms in total. The molecule has 1 N–H and O–H groups in total. The molecule has 1 atom stereocenters. The molecule has 0 aromatic carbocycles. The Bertz CT molecular complexity index is 186. The first-order chi connectivity index (χ1) is 7.53. The van der Waals surface area contributed by atoms with Gasteiger partial charge in [-0.25, -0.2) is 0 Å². The third-order valence-corrected chi connectivity index (χ3v) is 3.45. The minimum Gasteiger partial charge on any atom is -0.396 e.